The van der Waals surface area contributed by atoms with Crippen molar-refractivity contribution in [2.75, 3.05) is 11.9 Å². The molecule has 32 heavy (non-hydrogen) atoms. The molecular weight excluding hydrogens is 404 g/mol. The molecule has 0 unspecified atom stereocenters. The molecule has 2 amide bonds. The Labute approximate surface area is 184 Å². The summed E-state index contributed by atoms with van der Waals surface area (Å²) in [5.74, 6) is 0.0520. The van der Waals surface area contributed by atoms with E-state index in [0.29, 0.717) is 45.8 Å². The molecule has 3 aromatic carbocycles. The van der Waals surface area contributed by atoms with Gasteiger partial charge in [0, 0.05) is 23.4 Å². The first-order valence-electron chi connectivity index (χ1n) is 10.3. The van der Waals surface area contributed by atoms with Crippen LogP contribution in [0.3, 0.4) is 0 Å². The van der Waals surface area contributed by atoms with Gasteiger partial charge in [-0.15, -0.1) is 0 Å². The largest absolute Gasteiger partial charge is 0.352 e. The van der Waals surface area contributed by atoms with Gasteiger partial charge in [0.2, 0.25) is 0 Å². The van der Waals surface area contributed by atoms with Crippen LogP contribution < -0.4 is 16.2 Å². The second-order valence-corrected chi connectivity index (χ2v) is 7.26. The van der Waals surface area contributed by atoms with Crippen molar-refractivity contribution in [1.29, 1.82) is 0 Å². The van der Waals surface area contributed by atoms with Crippen LogP contribution >= 0.6 is 0 Å². The summed E-state index contributed by atoms with van der Waals surface area (Å²) in [7, 11) is 0. The Hall–Kier alpha value is -4.26. The van der Waals surface area contributed by atoms with Crippen LogP contribution in [0.4, 0.5) is 5.69 Å². The molecule has 0 saturated heterocycles. The van der Waals surface area contributed by atoms with Gasteiger partial charge in [0.05, 0.1) is 16.6 Å². The van der Waals surface area contributed by atoms with Gasteiger partial charge in [0.25, 0.3) is 17.4 Å². The first kappa shape index (κ1) is 21.0. The van der Waals surface area contributed by atoms with Crippen LogP contribution in [0.2, 0.25) is 0 Å². The van der Waals surface area contributed by atoms with Gasteiger partial charge in [-0.25, -0.2) is 4.98 Å². The van der Waals surface area contributed by atoms with E-state index < -0.39 is 0 Å². The van der Waals surface area contributed by atoms with Gasteiger partial charge in [-0.05, 0) is 68.4 Å². The van der Waals surface area contributed by atoms with E-state index in [9.17, 15) is 14.4 Å². The van der Waals surface area contributed by atoms with Crippen molar-refractivity contribution in [2.45, 2.75) is 13.8 Å². The summed E-state index contributed by atoms with van der Waals surface area (Å²) in [5, 5.41) is 6.07. The highest BCUT2D eigenvalue weighted by molar-refractivity contribution is 6.05. The molecule has 4 aromatic rings. The molecule has 4 rings (SSSR count). The fourth-order valence-electron chi connectivity index (χ4n) is 3.51. The minimum atomic E-state index is -0.315. The normalized spacial score (nSPS) is 10.7. The molecule has 0 aliphatic carbocycles. The average molecular weight is 426 g/mol. The molecule has 2 N–H and O–H groups in total. The molecule has 0 spiro atoms. The number of carbonyl (C=O) groups excluding carboxylic acids is 2. The van der Waals surface area contributed by atoms with Gasteiger partial charge in [0.15, 0.2) is 0 Å². The zero-order chi connectivity index (χ0) is 22.7. The smallest absolute Gasteiger partial charge is 0.265 e. The number of amides is 2. The number of para-hydroxylation sites is 1. The molecule has 0 bridgehead atoms. The number of nitrogens with zero attached hydrogens (tertiary/aromatic N) is 2. The van der Waals surface area contributed by atoms with E-state index >= 15 is 0 Å². The number of aromatic nitrogens is 2. The average Bonchev–Trinajstić information content (AvgIpc) is 2.80. The number of hydrogen-bond donors (Lipinski definition) is 2. The van der Waals surface area contributed by atoms with Crippen LogP contribution in [0.25, 0.3) is 16.6 Å². The van der Waals surface area contributed by atoms with Gasteiger partial charge in [-0.1, -0.05) is 18.2 Å². The number of fused-ring (bicyclic) bond motifs is 1. The molecule has 160 valence electrons. The lowest BCUT2D eigenvalue weighted by molar-refractivity contribution is 0.0954. The van der Waals surface area contributed by atoms with E-state index in [-0.39, 0.29) is 17.4 Å². The molecule has 0 aliphatic heterocycles. The zero-order valence-corrected chi connectivity index (χ0v) is 17.8. The lowest BCUT2D eigenvalue weighted by Crippen LogP contribution is -2.23. The zero-order valence-electron chi connectivity index (χ0n) is 17.8. The second-order valence-electron chi connectivity index (χ2n) is 7.26. The predicted molar refractivity (Wildman–Crippen MR) is 124 cm³/mol. The molecule has 7 heteroatoms. The summed E-state index contributed by atoms with van der Waals surface area (Å²) in [5.41, 5.74) is 2.54. The molecule has 0 atom stereocenters. The lowest BCUT2D eigenvalue weighted by Gasteiger charge is -2.12. The summed E-state index contributed by atoms with van der Waals surface area (Å²) in [6.07, 6.45) is 0. The van der Waals surface area contributed by atoms with Crippen molar-refractivity contribution in [2.24, 2.45) is 0 Å². The minimum absolute atomic E-state index is 0.160. The number of nitrogens with one attached hydrogen (secondary N) is 2. The number of aryl methyl sites for hydroxylation is 1. The van der Waals surface area contributed by atoms with Crippen molar-refractivity contribution >= 4 is 28.4 Å². The highest BCUT2D eigenvalue weighted by Crippen LogP contribution is 2.16. The Morgan fingerprint density at radius 3 is 2.41 bits per heavy atom. The van der Waals surface area contributed by atoms with Crippen molar-refractivity contribution in [3.8, 4) is 5.69 Å². The van der Waals surface area contributed by atoms with Gasteiger partial charge in [-0.2, -0.15) is 0 Å². The fourth-order valence-corrected chi connectivity index (χ4v) is 3.51. The number of carbonyl (C=O) groups is 2. The molecule has 0 radical (unpaired) electrons. The van der Waals surface area contributed by atoms with Crippen molar-refractivity contribution < 1.29 is 9.59 Å². The summed E-state index contributed by atoms with van der Waals surface area (Å²) in [4.78, 5) is 42.2. The first-order valence-corrected chi connectivity index (χ1v) is 10.3. The summed E-state index contributed by atoms with van der Waals surface area (Å²) in [6, 6.07) is 20.7. The maximum absolute atomic E-state index is 13.0. The summed E-state index contributed by atoms with van der Waals surface area (Å²) < 4.78 is 1.53. The fraction of sp³-hybridized carbons (Fsp3) is 0.120. The molecular formula is C25H22N4O3. The van der Waals surface area contributed by atoms with E-state index in [2.05, 4.69) is 15.6 Å². The monoisotopic (exact) mass is 426 g/mol. The number of hydrogen-bond acceptors (Lipinski definition) is 4. The quantitative estimate of drug-likeness (QED) is 0.509. The Morgan fingerprint density at radius 2 is 1.66 bits per heavy atom. The maximum Gasteiger partial charge on any atom is 0.265 e. The number of anilines is 1. The van der Waals surface area contributed by atoms with Crippen LogP contribution in [-0.4, -0.2) is 27.9 Å². The molecule has 0 saturated carbocycles. The van der Waals surface area contributed by atoms with Crippen LogP contribution in [0.1, 0.15) is 33.5 Å². The van der Waals surface area contributed by atoms with Crippen LogP contribution in [0.5, 0.6) is 0 Å². The van der Waals surface area contributed by atoms with Gasteiger partial charge in [-0.3, -0.25) is 19.0 Å². The molecule has 0 fully saturated rings. The van der Waals surface area contributed by atoms with E-state index in [1.54, 1.807) is 67.6 Å². The number of benzene rings is 3. The van der Waals surface area contributed by atoms with E-state index in [4.69, 9.17) is 0 Å². The Morgan fingerprint density at radius 1 is 0.906 bits per heavy atom. The van der Waals surface area contributed by atoms with E-state index in [0.717, 1.165) is 0 Å². The Balaban J connectivity index is 1.58. The van der Waals surface area contributed by atoms with Gasteiger partial charge in [0.1, 0.15) is 5.82 Å². The third-order valence-electron chi connectivity index (χ3n) is 5.05. The first-order chi connectivity index (χ1) is 15.5. The number of rotatable bonds is 5. The van der Waals surface area contributed by atoms with E-state index in [1.807, 2.05) is 19.1 Å². The highest BCUT2D eigenvalue weighted by Gasteiger charge is 2.12. The van der Waals surface area contributed by atoms with Crippen LogP contribution in [0, 0.1) is 6.92 Å². The molecule has 7 nitrogen and oxygen atoms in total. The summed E-state index contributed by atoms with van der Waals surface area (Å²) in [6.45, 7) is 4.14. The van der Waals surface area contributed by atoms with Gasteiger partial charge < -0.3 is 10.6 Å². The van der Waals surface area contributed by atoms with Gasteiger partial charge >= 0.3 is 0 Å². The van der Waals surface area contributed by atoms with Crippen LogP contribution in [0.15, 0.2) is 77.6 Å². The topological polar surface area (TPSA) is 93.1 Å². The van der Waals surface area contributed by atoms with Crippen molar-refractivity contribution in [1.82, 2.24) is 14.9 Å². The third kappa shape index (κ3) is 4.13. The van der Waals surface area contributed by atoms with E-state index in [1.165, 1.54) is 4.57 Å². The molecule has 1 aromatic heterocycles. The second kappa shape index (κ2) is 8.85. The Kier molecular flexibility index (Phi) is 5.81. The summed E-state index contributed by atoms with van der Waals surface area (Å²) >= 11 is 0. The lowest BCUT2D eigenvalue weighted by atomic mass is 10.1. The third-order valence-corrected chi connectivity index (χ3v) is 5.05. The SMILES string of the molecule is CCNC(=O)c1cccc(NC(=O)c2ccc(-n3c(C)nc4ccccc4c3=O)cc2)c1. The van der Waals surface area contributed by atoms with Crippen molar-refractivity contribution in [3.05, 3.63) is 100 Å². The molecule has 1 heterocycles. The van der Waals surface area contributed by atoms with Crippen LogP contribution in [-0.2, 0) is 0 Å². The molecule has 0 aliphatic rings. The standard InChI is InChI=1S/C25H22N4O3/c1-3-26-23(30)18-7-6-8-19(15-18)28-24(31)17-11-13-20(14-12-17)29-16(2)27-22-10-5-4-9-21(22)25(29)32/h4-15H,3H2,1-2H3,(H,26,30)(H,28,31). The maximum atomic E-state index is 13.0. The van der Waals surface area contributed by atoms with Crippen molar-refractivity contribution in [3.63, 3.8) is 0 Å². The minimum Gasteiger partial charge on any atom is -0.352 e. The Bertz CT molecular complexity index is 1370. The highest BCUT2D eigenvalue weighted by atomic mass is 16.2. The predicted octanol–water partition coefficient (Wildman–Crippen LogP) is 3.70.